The van der Waals surface area contributed by atoms with Gasteiger partial charge < -0.3 is 9.47 Å². The molecule has 0 aromatic carbocycles. The largest absolute Gasteiger partial charge is 0.497 e. The van der Waals surface area contributed by atoms with Gasteiger partial charge in [-0.25, -0.2) is 17.9 Å². The molecule has 0 aliphatic rings. The van der Waals surface area contributed by atoms with E-state index in [0.717, 1.165) is 0 Å². The lowest BCUT2D eigenvalue weighted by molar-refractivity contribution is 0.0562. The Hall–Kier alpha value is -2.29. The molecule has 2 N–H and O–H groups in total. The lowest BCUT2D eigenvalue weighted by atomic mass is 10.2. The van der Waals surface area contributed by atoms with Crippen molar-refractivity contribution in [1.82, 2.24) is 10.0 Å². The Morgan fingerprint density at radius 2 is 1.79 bits per heavy atom. The van der Waals surface area contributed by atoms with Crippen molar-refractivity contribution in [3.63, 3.8) is 0 Å². The number of sulfonamides is 1. The van der Waals surface area contributed by atoms with Gasteiger partial charge in [0.25, 0.3) is 10.0 Å². The van der Waals surface area contributed by atoms with Gasteiger partial charge in [0, 0.05) is 6.54 Å². The van der Waals surface area contributed by atoms with E-state index >= 15 is 0 Å². The highest BCUT2D eigenvalue weighted by molar-refractivity contribution is 7.94. The van der Waals surface area contributed by atoms with Crippen molar-refractivity contribution in [3.05, 3.63) is 34.5 Å². The molecule has 0 spiro atoms. The fourth-order valence-electron chi connectivity index (χ4n) is 2.04. The summed E-state index contributed by atoms with van der Waals surface area (Å²) < 4.78 is 38.3. The van der Waals surface area contributed by atoms with Gasteiger partial charge in [0.2, 0.25) is 5.96 Å². The Morgan fingerprint density at radius 1 is 1.18 bits per heavy atom. The van der Waals surface area contributed by atoms with Crippen LogP contribution in [0.3, 0.4) is 0 Å². The fraction of sp³-hybridized carbons (Fsp3) is 0.579. The van der Waals surface area contributed by atoms with Crippen LogP contribution in [0.15, 0.2) is 39.5 Å². The summed E-state index contributed by atoms with van der Waals surface area (Å²) in [4.78, 5) is 16.2. The molecule has 0 rings (SSSR count). The van der Waals surface area contributed by atoms with Gasteiger partial charge in [-0.05, 0) is 65.7 Å². The third-order valence-electron chi connectivity index (χ3n) is 3.16. The number of methoxy groups -OCH3 is 1. The van der Waals surface area contributed by atoms with Crippen LogP contribution < -0.4 is 10.0 Å². The highest BCUT2D eigenvalue weighted by atomic mass is 32.2. The molecular weight excluding hydrogens is 382 g/mol. The molecule has 160 valence electrons. The first-order chi connectivity index (χ1) is 12.9. The van der Waals surface area contributed by atoms with E-state index < -0.39 is 21.7 Å². The molecule has 0 aliphatic heterocycles. The quantitative estimate of drug-likeness (QED) is 0.286. The third kappa shape index (κ3) is 9.59. The molecule has 0 atom stereocenters. The molecule has 1 amide bonds. The normalized spacial score (nSPS) is 14.6. The summed E-state index contributed by atoms with van der Waals surface area (Å²) in [6.07, 6.45) is 4.67. The molecule has 8 nitrogen and oxygen atoms in total. The van der Waals surface area contributed by atoms with E-state index in [1.54, 1.807) is 53.7 Å². The van der Waals surface area contributed by atoms with E-state index in [4.69, 9.17) is 9.47 Å². The van der Waals surface area contributed by atoms with Crippen molar-refractivity contribution in [3.8, 4) is 0 Å². The summed E-state index contributed by atoms with van der Waals surface area (Å²) in [5.41, 5.74) is -0.257. The van der Waals surface area contributed by atoms with Gasteiger partial charge in [0.1, 0.15) is 11.4 Å². The summed E-state index contributed by atoms with van der Waals surface area (Å²) in [5, 5.41) is 2.36. The zero-order valence-corrected chi connectivity index (χ0v) is 18.9. The second-order valence-electron chi connectivity index (χ2n) is 6.84. The third-order valence-corrected chi connectivity index (χ3v) is 4.76. The topological polar surface area (TPSA) is 106 Å². The zero-order chi connectivity index (χ0) is 22.0. The van der Waals surface area contributed by atoms with E-state index in [0.29, 0.717) is 24.3 Å². The van der Waals surface area contributed by atoms with Crippen LogP contribution >= 0.6 is 0 Å². The van der Waals surface area contributed by atoms with Crippen LogP contribution in [0.1, 0.15) is 54.9 Å². The maximum absolute atomic E-state index is 12.8. The van der Waals surface area contributed by atoms with E-state index in [1.807, 2.05) is 6.92 Å². The van der Waals surface area contributed by atoms with Gasteiger partial charge in [-0.1, -0.05) is 13.0 Å². The number of nitrogens with one attached hydrogen (secondary N) is 2. The van der Waals surface area contributed by atoms with Crippen molar-refractivity contribution in [2.45, 2.75) is 60.5 Å². The Morgan fingerprint density at radius 3 is 2.21 bits per heavy atom. The van der Waals surface area contributed by atoms with Crippen LogP contribution in [0.25, 0.3) is 0 Å². The number of aliphatic imine (C=N–C) groups is 1. The molecule has 0 saturated heterocycles. The lowest BCUT2D eigenvalue weighted by Crippen LogP contribution is -2.46. The molecule has 0 aromatic rings. The second kappa shape index (κ2) is 11.5. The summed E-state index contributed by atoms with van der Waals surface area (Å²) in [6.45, 7) is 12.4. The number of amides is 1. The van der Waals surface area contributed by atoms with Crippen molar-refractivity contribution < 1.29 is 22.7 Å². The number of ether oxygens (including phenoxy) is 2. The summed E-state index contributed by atoms with van der Waals surface area (Å²) >= 11 is 0. The van der Waals surface area contributed by atoms with Gasteiger partial charge in [-0.3, -0.25) is 10.3 Å². The van der Waals surface area contributed by atoms with Gasteiger partial charge in [-0.2, -0.15) is 0 Å². The van der Waals surface area contributed by atoms with Crippen LogP contribution in [0.4, 0.5) is 4.79 Å². The Labute approximate surface area is 168 Å². The van der Waals surface area contributed by atoms with Crippen molar-refractivity contribution in [2.75, 3.05) is 13.7 Å². The molecule has 9 heteroatoms. The van der Waals surface area contributed by atoms with Crippen LogP contribution in [0.5, 0.6) is 0 Å². The predicted octanol–water partition coefficient (Wildman–Crippen LogP) is 3.60. The standard InChI is InChI=1S/C19H33N3O5S/c1-9-12-20-17(21-18(23)27-19(5,6)7)22-28(24,25)16(11-3)14(4)13-15(10-2)26-8/h10-11,13H,9,12H2,1-8H3,(H2,20,21,22,23)/b14-13-,15-10-,16-11-. The van der Waals surface area contributed by atoms with Crippen LogP contribution in [-0.2, 0) is 19.5 Å². The summed E-state index contributed by atoms with van der Waals surface area (Å²) in [6, 6.07) is 0. The maximum atomic E-state index is 12.8. The predicted molar refractivity (Wildman–Crippen MR) is 112 cm³/mol. The Kier molecular flexibility index (Phi) is 10.6. The number of carbonyl (C=O) groups is 1. The summed E-state index contributed by atoms with van der Waals surface area (Å²) in [7, 11) is -2.49. The average Bonchev–Trinajstić information content (AvgIpc) is 2.55. The lowest BCUT2D eigenvalue weighted by Gasteiger charge is -2.20. The van der Waals surface area contributed by atoms with Gasteiger partial charge in [0.05, 0.1) is 12.0 Å². The molecule has 0 radical (unpaired) electrons. The van der Waals surface area contributed by atoms with Crippen LogP contribution in [0, 0.1) is 0 Å². The van der Waals surface area contributed by atoms with Crippen LogP contribution in [0.2, 0.25) is 0 Å². The first-order valence-corrected chi connectivity index (χ1v) is 10.5. The fourth-order valence-corrected chi connectivity index (χ4v) is 3.32. The molecule has 0 bridgehead atoms. The van der Waals surface area contributed by atoms with Gasteiger partial charge >= 0.3 is 6.09 Å². The molecule has 0 saturated carbocycles. The number of hydrogen-bond acceptors (Lipinski definition) is 6. The van der Waals surface area contributed by atoms with E-state index in [9.17, 15) is 13.2 Å². The van der Waals surface area contributed by atoms with Crippen molar-refractivity contribution in [1.29, 1.82) is 0 Å². The first kappa shape index (κ1) is 25.7. The highest BCUT2D eigenvalue weighted by Crippen LogP contribution is 2.18. The zero-order valence-electron chi connectivity index (χ0n) is 18.0. The van der Waals surface area contributed by atoms with Crippen molar-refractivity contribution in [2.24, 2.45) is 4.99 Å². The average molecular weight is 416 g/mol. The van der Waals surface area contributed by atoms with Gasteiger partial charge in [-0.15, -0.1) is 0 Å². The smallest absolute Gasteiger partial charge is 0.414 e. The van der Waals surface area contributed by atoms with Crippen LogP contribution in [-0.4, -0.2) is 39.7 Å². The monoisotopic (exact) mass is 415 g/mol. The molecule has 0 fully saturated rings. The number of hydrogen-bond donors (Lipinski definition) is 2. The molecule has 28 heavy (non-hydrogen) atoms. The molecule has 0 aromatic heterocycles. The SMILES string of the molecule is C/C=C(/C=C(C)\C(=C\C)S(=O)(=O)NC(=NCCC)NC(=O)OC(C)(C)C)OC. The first-order valence-electron chi connectivity index (χ1n) is 9.02. The minimum absolute atomic E-state index is 0.0408. The van der Waals surface area contributed by atoms with Gasteiger partial charge in [0.15, 0.2) is 0 Å². The molecule has 0 unspecified atom stereocenters. The number of alkyl carbamates (subject to hydrolysis) is 1. The maximum Gasteiger partial charge on any atom is 0.414 e. The van der Waals surface area contributed by atoms with E-state index in [-0.39, 0.29) is 10.9 Å². The van der Waals surface area contributed by atoms with Crippen molar-refractivity contribution >= 4 is 22.1 Å². The molecule has 0 aliphatic carbocycles. The number of rotatable bonds is 7. The number of carbonyl (C=O) groups excluding carboxylic acids is 1. The Bertz CT molecular complexity index is 757. The number of nitrogens with zero attached hydrogens (tertiary/aromatic N) is 1. The second-order valence-corrected chi connectivity index (χ2v) is 8.49. The number of allylic oxidation sites excluding steroid dienone is 4. The summed E-state index contributed by atoms with van der Waals surface area (Å²) in [5.74, 6) is 0.333. The molecule has 0 heterocycles. The van der Waals surface area contributed by atoms with E-state index in [1.165, 1.54) is 13.2 Å². The Balaban J connectivity index is 5.67. The highest BCUT2D eigenvalue weighted by Gasteiger charge is 2.23. The molecular formula is C19H33N3O5S. The number of guanidine groups is 1. The van der Waals surface area contributed by atoms with E-state index in [2.05, 4.69) is 15.0 Å². The minimum Gasteiger partial charge on any atom is -0.497 e. The minimum atomic E-state index is -3.99.